The molecule has 0 amide bonds. The van der Waals surface area contributed by atoms with Crippen LogP contribution in [0.15, 0.2) is 134 Å². The van der Waals surface area contributed by atoms with Crippen LogP contribution in [0.1, 0.15) is 181 Å². The Morgan fingerprint density at radius 1 is 0.435 bits per heavy atom. The SMILES string of the molecule is CC/C=C/C/C=C/C/C=C/C/C=C/C/C=C/C/C=C/C/C=C/CCCC(=O)OCC(COCCC(C(=O)[O-])[N+](C)(C)C)OC(=O)CCCCCCCCCCC/C=C/C/C=C/C/C=C/C/C=C/CC. The lowest BCUT2D eigenvalue weighted by atomic mass is 10.1. The van der Waals surface area contributed by atoms with Gasteiger partial charge >= 0.3 is 11.9 Å². The van der Waals surface area contributed by atoms with Crippen LogP contribution in [-0.4, -0.2) is 75.5 Å². The maximum Gasteiger partial charge on any atom is 0.306 e. The number of carbonyl (C=O) groups is 3. The first-order valence-electron chi connectivity index (χ1n) is 26.7. The Balaban J connectivity index is 4.37. The highest BCUT2D eigenvalue weighted by atomic mass is 16.6. The molecule has 0 fully saturated rings. The smallest absolute Gasteiger partial charge is 0.306 e. The van der Waals surface area contributed by atoms with E-state index >= 15 is 0 Å². The van der Waals surface area contributed by atoms with E-state index in [1.54, 1.807) is 21.1 Å². The molecule has 8 nitrogen and oxygen atoms in total. The second-order valence-corrected chi connectivity index (χ2v) is 18.3. The van der Waals surface area contributed by atoms with Crippen LogP contribution in [0.2, 0.25) is 0 Å². The van der Waals surface area contributed by atoms with Gasteiger partial charge in [0.15, 0.2) is 6.10 Å². The summed E-state index contributed by atoms with van der Waals surface area (Å²) in [6.45, 7) is 4.36. The standard InChI is InChI=1S/C61H97NO7/c1-6-8-10-12-14-16-18-20-22-24-26-28-30-32-33-35-37-39-41-43-45-47-49-51-59(63)68-56-57(55-67-54-53-58(61(65)66)62(3,4)5)69-60(64)52-50-48-46-44-42-40-38-36-34-31-29-27-25-23-21-19-17-15-13-11-9-7-2/h8-11,14-17,20-23,26-29,32-33,37,39,43,45,57-58H,6-7,12-13,18-19,24-25,30-31,34-36,38,40-42,44,46-56H2,1-5H3/b10-8+,11-9+,16-14+,17-15+,22-20+,23-21+,28-26+,29-27+,33-32+,39-37+,45-43+. The van der Waals surface area contributed by atoms with Crippen molar-refractivity contribution in [2.24, 2.45) is 0 Å². The molecule has 0 aliphatic rings. The molecule has 2 unspecified atom stereocenters. The largest absolute Gasteiger partial charge is 0.544 e. The van der Waals surface area contributed by atoms with E-state index in [1.165, 1.54) is 32.1 Å². The quantitative estimate of drug-likeness (QED) is 0.0259. The Kier molecular flexibility index (Phi) is 46.6. The second-order valence-electron chi connectivity index (χ2n) is 18.3. The van der Waals surface area contributed by atoms with Gasteiger partial charge in [0.1, 0.15) is 12.6 Å². The fourth-order valence-corrected chi connectivity index (χ4v) is 6.99. The molecule has 0 aliphatic heterocycles. The molecule has 0 bridgehead atoms. The van der Waals surface area contributed by atoms with Crippen molar-refractivity contribution in [1.82, 2.24) is 0 Å². The number of hydrogen-bond acceptors (Lipinski definition) is 7. The van der Waals surface area contributed by atoms with Gasteiger partial charge in [0.05, 0.1) is 40.3 Å². The minimum Gasteiger partial charge on any atom is -0.544 e. The van der Waals surface area contributed by atoms with Crippen molar-refractivity contribution < 1.29 is 38.2 Å². The van der Waals surface area contributed by atoms with Gasteiger partial charge in [-0.25, -0.2) is 0 Å². The molecule has 0 heterocycles. The number of hydrogen-bond donors (Lipinski definition) is 0. The summed E-state index contributed by atoms with van der Waals surface area (Å²) in [4.78, 5) is 37.1. The van der Waals surface area contributed by atoms with Gasteiger partial charge in [0.2, 0.25) is 0 Å². The summed E-state index contributed by atoms with van der Waals surface area (Å²) >= 11 is 0. The normalized spacial score (nSPS) is 13.9. The molecule has 8 heteroatoms. The lowest BCUT2D eigenvalue weighted by Gasteiger charge is -2.34. The van der Waals surface area contributed by atoms with Gasteiger partial charge in [-0.3, -0.25) is 9.59 Å². The second kappa shape index (κ2) is 49.9. The Bertz CT molecular complexity index is 1580. The molecule has 2 atom stereocenters. The lowest BCUT2D eigenvalue weighted by Crippen LogP contribution is -2.55. The molecule has 0 N–H and O–H groups in total. The molecule has 0 saturated heterocycles. The summed E-state index contributed by atoms with van der Waals surface area (Å²) in [5, 5.41) is 11.7. The minimum atomic E-state index is -1.14. The number of nitrogens with zero attached hydrogens (tertiary/aromatic N) is 1. The number of esters is 2. The van der Waals surface area contributed by atoms with Crippen molar-refractivity contribution >= 4 is 17.9 Å². The third-order valence-electron chi connectivity index (χ3n) is 11.0. The van der Waals surface area contributed by atoms with Gasteiger partial charge < -0.3 is 28.6 Å². The van der Waals surface area contributed by atoms with Gasteiger partial charge in [-0.2, -0.15) is 0 Å². The zero-order chi connectivity index (χ0) is 50.6. The molecule has 69 heavy (non-hydrogen) atoms. The highest BCUT2D eigenvalue weighted by Crippen LogP contribution is 2.14. The van der Waals surface area contributed by atoms with E-state index in [1.807, 2.05) is 0 Å². The summed E-state index contributed by atoms with van der Waals surface area (Å²) in [6.07, 6.45) is 72.0. The molecule has 0 spiro atoms. The summed E-state index contributed by atoms with van der Waals surface area (Å²) in [6, 6.07) is -0.745. The number of aliphatic carboxylic acids is 1. The molecule has 388 valence electrons. The van der Waals surface area contributed by atoms with E-state index in [2.05, 4.69) is 148 Å². The average Bonchev–Trinajstić information content (AvgIpc) is 3.31. The van der Waals surface area contributed by atoms with Gasteiger partial charge in [-0.05, 0) is 103 Å². The van der Waals surface area contributed by atoms with Gasteiger partial charge in [-0.1, -0.05) is 192 Å². The molecular formula is C61H97NO7. The Morgan fingerprint density at radius 2 is 0.783 bits per heavy atom. The molecule has 0 aromatic rings. The number of ether oxygens (including phenoxy) is 3. The van der Waals surface area contributed by atoms with Crippen LogP contribution in [0.5, 0.6) is 0 Å². The first-order valence-corrected chi connectivity index (χ1v) is 26.7. The van der Waals surface area contributed by atoms with E-state index < -0.39 is 18.1 Å². The number of quaternary nitrogens is 1. The molecular weight excluding hydrogens is 859 g/mol. The summed E-state index contributed by atoms with van der Waals surface area (Å²) in [5.74, 6) is -1.83. The Morgan fingerprint density at radius 3 is 1.17 bits per heavy atom. The fraction of sp³-hybridized carbons (Fsp3) is 0.590. The van der Waals surface area contributed by atoms with Crippen molar-refractivity contribution in [1.29, 1.82) is 0 Å². The van der Waals surface area contributed by atoms with E-state index in [4.69, 9.17) is 14.2 Å². The molecule has 0 radical (unpaired) electrons. The van der Waals surface area contributed by atoms with Crippen molar-refractivity contribution in [3.05, 3.63) is 134 Å². The average molecular weight is 956 g/mol. The minimum absolute atomic E-state index is 0.0106. The summed E-state index contributed by atoms with van der Waals surface area (Å²) in [7, 11) is 5.38. The lowest BCUT2D eigenvalue weighted by molar-refractivity contribution is -0.889. The zero-order valence-corrected chi connectivity index (χ0v) is 44.2. The number of carboxylic acids is 1. The van der Waals surface area contributed by atoms with Gasteiger partial charge in [-0.15, -0.1) is 0 Å². The predicted molar refractivity (Wildman–Crippen MR) is 290 cm³/mol. The first-order chi connectivity index (χ1) is 33.6. The first kappa shape index (κ1) is 64.5. The third-order valence-corrected chi connectivity index (χ3v) is 11.0. The molecule has 0 aromatic carbocycles. The van der Waals surface area contributed by atoms with Crippen LogP contribution in [0.3, 0.4) is 0 Å². The summed E-state index contributed by atoms with van der Waals surface area (Å²) < 4.78 is 17.2. The van der Waals surface area contributed by atoms with E-state index in [0.29, 0.717) is 12.8 Å². The fourth-order valence-electron chi connectivity index (χ4n) is 6.99. The zero-order valence-electron chi connectivity index (χ0n) is 44.2. The molecule has 0 aliphatic carbocycles. The number of allylic oxidation sites excluding steroid dienone is 22. The van der Waals surface area contributed by atoms with Gasteiger partial charge in [0.25, 0.3) is 0 Å². The number of carbonyl (C=O) groups excluding carboxylic acids is 3. The summed E-state index contributed by atoms with van der Waals surface area (Å²) in [5.41, 5.74) is 0. The van der Waals surface area contributed by atoms with Crippen LogP contribution in [-0.2, 0) is 28.6 Å². The maximum atomic E-state index is 12.8. The van der Waals surface area contributed by atoms with E-state index in [-0.39, 0.29) is 49.1 Å². The third kappa shape index (κ3) is 48.3. The number of carboxylic acid groups (broad SMARTS) is 1. The Labute approximate surface area is 422 Å². The van der Waals surface area contributed by atoms with Gasteiger partial charge in [0, 0.05) is 19.3 Å². The van der Waals surface area contributed by atoms with E-state index in [9.17, 15) is 19.5 Å². The topological polar surface area (TPSA) is 102 Å². The van der Waals surface area contributed by atoms with Crippen LogP contribution >= 0.6 is 0 Å². The highest BCUT2D eigenvalue weighted by molar-refractivity contribution is 5.70. The predicted octanol–water partition coefficient (Wildman–Crippen LogP) is 14.6. The van der Waals surface area contributed by atoms with Crippen LogP contribution in [0.4, 0.5) is 0 Å². The number of unbranched alkanes of at least 4 members (excludes halogenated alkanes) is 10. The molecule has 0 rings (SSSR count). The monoisotopic (exact) mass is 956 g/mol. The van der Waals surface area contributed by atoms with E-state index in [0.717, 1.165) is 109 Å². The molecule has 0 aromatic heterocycles. The van der Waals surface area contributed by atoms with Crippen LogP contribution in [0.25, 0.3) is 0 Å². The maximum absolute atomic E-state index is 12.8. The molecule has 0 saturated carbocycles. The van der Waals surface area contributed by atoms with Crippen LogP contribution in [0, 0.1) is 0 Å². The van der Waals surface area contributed by atoms with Crippen molar-refractivity contribution in [2.45, 2.75) is 193 Å². The number of likely N-dealkylation sites (N-methyl/N-ethyl adjacent to an activating group) is 1. The van der Waals surface area contributed by atoms with Crippen molar-refractivity contribution in [3.63, 3.8) is 0 Å². The highest BCUT2D eigenvalue weighted by Gasteiger charge is 2.25. The Hall–Kier alpha value is -4.53. The number of rotatable bonds is 46. The van der Waals surface area contributed by atoms with Crippen molar-refractivity contribution in [3.8, 4) is 0 Å². The van der Waals surface area contributed by atoms with Crippen LogP contribution < -0.4 is 5.11 Å². The van der Waals surface area contributed by atoms with Crippen molar-refractivity contribution in [2.75, 3.05) is 41.0 Å².